The van der Waals surface area contributed by atoms with Crippen molar-refractivity contribution in [2.75, 3.05) is 12.4 Å². The molecule has 0 saturated carbocycles. The number of halogens is 1. The Balaban J connectivity index is 1.55. The van der Waals surface area contributed by atoms with Gasteiger partial charge in [-0.25, -0.2) is 9.97 Å². The highest BCUT2D eigenvalue weighted by atomic mass is 19.1. The van der Waals surface area contributed by atoms with Crippen LogP contribution in [0, 0.1) is 11.4 Å². The van der Waals surface area contributed by atoms with Crippen molar-refractivity contribution in [2.24, 2.45) is 5.41 Å². The molecule has 3 aromatic rings. The molecule has 0 aliphatic heterocycles. The number of methoxy groups -OCH3 is 1. The number of H-pyrrole nitrogens is 1. The topological polar surface area (TPSA) is 75.7 Å². The van der Waals surface area contributed by atoms with E-state index in [0.29, 0.717) is 18.2 Å². The summed E-state index contributed by atoms with van der Waals surface area (Å²) in [5, 5.41) is 10.8. The highest BCUT2D eigenvalue weighted by molar-refractivity contribution is 5.67. The molecule has 28 heavy (non-hydrogen) atoms. The fourth-order valence-electron chi connectivity index (χ4n) is 3.64. The summed E-state index contributed by atoms with van der Waals surface area (Å²) < 4.78 is 19.2. The maximum Gasteiger partial charge on any atom is 0.215 e. The Labute approximate surface area is 163 Å². The van der Waals surface area contributed by atoms with Crippen LogP contribution in [0.5, 0.6) is 5.88 Å². The van der Waals surface area contributed by atoms with Gasteiger partial charge in [-0.05, 0) is 36.3 Å². The minimum absolute atomic E-state index is 0.263. The number of pyridine rings is 2. The van der Waals surface area contributed by atoms with Crippen molar-refractivity contribution in [3.63, 3.8) is 0 Å². The van der Waals surface area contributed by atoms with Gasteiger partial charge in [0.2, 0.25) is 11.8 Å². The van der Waals surface area contributed by atoms with Crippen LogP contribution in [0.4, 0.5) is 10.2 Å². The number of aromatic nitrogens is 4. The van der Waals surface area contributed by atoms with E-state index in [-0.39, 0.29) is 5.41 Å². The molecule has 0 fully saturated rings. The first kappa shape index (κ1) is 18.4. The third kappa shape index (κ3) is 3.83. The molecule has 146 valence electrons. The average Bonchev–Trinajstić information content (AvgIpc) is 3.08. The summed E-state index contributed by atoms with van der Waals surface area (Å²) in [6.07, 6.45) is 4.71. The fraction of sp³-hybridized carbons (Fsp3) is 0.381. The Hall–Kier alpha value is -2.96. The van der Waals surface area contributed by atoms with Crippen molar-refractivity contribution in [3.8, 4) is 17.1 Å². The SMILES string of the molecule is COc1ccc(CNc2cc(-c3n[nH]c4c3CCC(C)(C)C4)cc(F)n2)cn1. The predicted molar refractivity (Wildman–Crippen MR) is 106 cm³/mol. The van der Waals surface area contributed by atoms with E-state index in [2.05, 4.69) is 39.3 Å². The molecule has 3 heterocycles. The van der Waals surface area contributed by atoms with Gasteiger partial charge in [0.05, 0.1) is 12.8 Å². The predicted octanol–water partition coefficient (Wildman–Crippen LogP) is 4.14. The number of rotatable bonds is 5. The van der Waals surface area contributed by atoms with Crippen molar-refractivity contribution in [2.45, 2.75) is 39.7 Å². The second-order valence-electron chi connectivity index (χ2n) is 8.00. The van der Waals surface area contributed by atoms with E-state index >= 15 is 0 Å². The minimum atomic E-state index is -0.527. The molecule has 2 N–H and O–H groups in total. The van der Waals surface area contributed by atoms with E-state index in [1.807, 2.05) is 12.1 Å². The summed E-state index contributed by atoms with van der Waals surface area (Å²) in [4.78, 5) is 8.14. The quantitative estimate of drug-likeness (QED) is 0.650. The summed E-state index contributed by atoms with van der Waals surface area (Å²) in [6, 6.07) is 6.98. The molecule has 6 nitrogen and oxygen atoms in total. The van der Waals surface area contributed by atoms with Crippen molar-refractivity contribution < 1.29 is 9.13 Å². The van der Waals surface area contributed by atoms with Crippen molar-refractivity contribution >= 4 is 5.82 Å². The lowest BCUT2D eigenvalue weighted by molar-refractivity contribution is 0.312. The normalized spacial score (nSPS) is 15.1. The van der Waals surface area contributed by atoms with Crippen molar-refractivity contribution in [1.29, 1.82) is 0 Å². The lowest BCUT2D eigenvalue weighted by Crippen LogP contribution is -2.21. The summed E-state index contributed by atoms with van der Waals surface area (Å²) in [7, 11) is 1.58. The number of aromatic amines is 1. The number of hydrogen-bond donors (Lipinski definition) is 2. The molecular weight excluding hydrogens is 357 g/mol. The van der Waals surface area contributed by atoms with Gasteiger partial charge in [-0.2, -0.15) is 9.49 Å². The van der Waals surface area contributed by atoms with E-state index in [1.165, 1.54) is 11.6 Å². The van der Waals surface area contributed by atoms with Crippen molar-refractivity contribution in [3.05, 3.63) is 53.2 Å². The first-order chi connectivity index (χ1) is 13.4. The fourth-order valence-corrected chi connectivity index (χ4v) is 3.64. The number of hydrogen-bond acceptors (Lipinski definition) is 5. The molecule has 3 aromatic heterocycles. The molecule has 4 rings (SSSR count). The first-order valence-corrected chi connectivity index (χ1v) is 9.40. The minimum Gasteiger partial charge on any atom is -0.481 e. The summed E-state index contributed by atoms with van der Waals surface area (Å²) in [5.74, 6) is 0.501. The van der Waals surface area contributed by atoms with E-state index in [1.54, 1.807) is 19.4 Å². The van der Waals surface area contributed by atoms with E-state index in [0.717, 1.165) is 41.8 Å². The zero-order valence-electron chi connectivity index (χ0n) is 16.3. The monoisotopic (exact) mass is 381 g/mol. The highest BCUT2D eigenvalue weighted by Crippen LogP contribution is 2.38. The van der Waals surface area contributed by atoms with Gasteiger partial charge < -0.3 is 10.1 Å². The van der Waals surface area contributed by atoms with Crippen LogP contribution in [0.3, 0.4) is 0 Å². The second kappa shape index (κ2) is 7.22. The molecule has 0 spiro atoms. The van der Waals surface area contributed by atoms with Crippen LogP contribution in [-0.2, 0) is 19.4 Å². The molecule has 7 heteroatoms. The van der Waals surface area contributed by atoms with Crippen LogP contribution < -0.4 is 10.1 Å². The van der Waals surface area contributed by atoms with Gasteiger partial charge in [-0.3, -0.25) is 5.10 Å². The maximum atomic E-state index is 14.2. The third-order valence-corrected chi connectivity index (χ3v) is 5.21. The summed E-state index contributed by atoms with van der Waals surface area (Å²) in [6.45, 7) is 5.01. The van der Waals surface area contributed by atoms with Gasteiger partial charge >= 0.3 is 0 Å². The van der Waals surface area contributed by atoms with Gasteiger partial charge in [-0.1, -0.05) is 19.9 Å². The van der Waals surface area contributed by atoms with Crippen LogP contribution in [-0.4, -0.2) is 27.3 Å². The Bertz CT molecular complexity index is 981. The zero-order chi connectivity index (χ0) is 19.7. The Morgan fingerprint density at radius 2 is 2.14 bits per heavy atom. The van der Waals surface area contributed by atoms with Gasteiger partial charge in [0.25, 0.3) is 0 Å². The molecule has 0 bridgehead atoms. The largest absolute Gasteiger partial charge is 0.481 e. The van der Waals surface area contributed by atoms with Crippen LogP contribution in [0.25, 0.3) is 11.3 Å². The number of ether oxygens (including phenoxy) is 1. The first-order valence-electron chi connectivity index (χ1n) is 9.40. The van der Waals surface area contributed by atoms with Crippen LogP contribution in [0.1, 0.15) is 37.1 Å². The van der Waals surface area contributed by atoms with E-state index in [9.17, 15) is 4.39 Å². The van der Waals surface area contributed by atoms with Crippen LogP contribution in [0.2, 0.25) is 0 Å². The molecule has 0 atom stereocenters. The van der Waals surface area contributed by atoms with Crippen LogP contribution in [0.15, 0.2) is 30.5 Å². The lowest BCUT2D eigenvalue weighted by Gasteiger charge is -2.29. The van der Waals surface area contributed by atoms with Gasteiger partial charge in [-0.15, -0.1) is 0 Å². The molecule has 0 amide bonds. The van der Waals surface area contributed by atoms with E-state index < -0.39 is 5.95 Å². The number of anilines is 1. The second-order valence-corrected chi connectivity index (χ2v) is 8.00. The molecule has 0 saturated heterocycles. The van der Waals surface area contributed by atoms with Gasteiger partial charge in [0.15, 0.2) is 0 Å². The molecular formula is C21H24FN5O. The Morgan fingerprint density at radius 3 is 2.89 bits per heavy atom. The zero-order valence-corrected chi connectivity index (χ0v) is 16.3. The lowest BCUT2D eigenvalue weighted by atomic mass is 9.76. The highest BCUT2D eigenvalue weighted by Gasteiger charge is 2.29. The smallest absolute Gasteiger partial charge is 0.215 e. The Morgan fingerprint density at radius 1 is 1.29 bits per heavy atom. The summed E-state index contributed by atoms with van der Waals surface area (Å²) >= 11 is 0. The number of nitrogens with one attached hydrogen (secondary N) is 2. The van der Waals surface area contributed by atoms with E-state index in [4.69, 9.17) is 4.74 Å². The van der Waals surface area contributed by atoms with Gasteiger partial charge in [0, 0.05) is 41.7 Å². The molecule has 0 radical (unpaired) electrons. The molecule has 1 aliphatic carbocycles. The number of nitrogens with zero attached hydrogens (tertiary/aromatic N) is 3. The standard InChI is InChI=1S/C21H24FN5O/c1-21(2)7-6-15-16(10-21)26-27-20(15)14-8-17(22)25-18(9-14)23-11-13-4-5-19(28-3)24-12-13/h4-5,8-9,12H,6-7,10-11H2,1-3H3,(H,23,25)(H,26,27). The van der Waals surface area contributed by atoms with Crippen LogP contribution >= 0.6 is 0 Å². The molecule has 0 unspecified atom stereocenters. The average molecular weight is 381 g/mol. The molecule has 0 aromatic carbocycles. The maximum absolute atomic E-state index is 14.2. The molecule has 1 aliphatic rings. The third-order valence-electron chi connectivity index (χ3n) is 5.21. The van der Waals surface area contributed by atoms with Crippen molar-refractivity contribution in [1.82, 2.24) is 20.2 Å². The Kier molecular flexibility index (Phi) is 4.75. The number of fused-ring (bicyclic) bond motifs is 1. The van der Waals surface area contributed by atoms with Gasteiger partial charge in [0.1, 0.15) is 5.82 Å². The summed E-state index contributed by atoms with van der Waals surface area (Å²) in [5.41, 5.74) is 5.12.